The van der Waals surface area contributed by atoms with Crippen LogP contribution in [0.3, 0.4) is 0 Å². The lowest BCUT2D eigenvalue weighted by Crippen LogP contribution is -2.36. The fraction of sp³-hybridized carbons (Fsp3) is 0.500. The summed E-state index contributed by atoms with van der Waals surface area (Å²) < 4.78 is 31.9. The lowest BCUT2D eigenvalue weighted by molar-refractivity contribution is 0.353. The first-order valence-electron chi connectivity index (χ1n) is 7.19. The second-order valence-corrected chi connectivity index (χ2v) is 7.34. The van der Waals surface area contributed by atoms with Crippen LogP contribution in [0, 0.1) is 0 Å². The molecule has 0 fully saturated rings. The van der Waals surface area contributed by atoms with E-state index in [1.54, 1.807) is 26.1 Å². The Morgan fingerprint density at radius 3 is 2.43 bits per heavy atom. The normalized spacial score (nSPS) is 13.3. The van der Waals surface area contributed by atoms with Crippen molar-refractivity contribution in [3.05, 3.63) is 29.8 Å². The molecule has 0 aliphatic carbocycles. The van der Waals surface area contributed by atoms with Crippen LogP contribution in [0.5, 0.6) is 5.75 Å². The van der Waals surface area contributed by atoms with Gasteiger partial charge in [0.25, 0.3) is 5.16 Å². The summed E-state index contributed by atoms with van der Waals surface area (Å²) >= 11 is 0. The fourth-order valence-corrected chi connectivity index (χ4v) is 4.17. The minimum absolute atomic E-state index is 0.117. The van der Waals surface area contributed by atoms with E-state index in [0.717, 1.165) is 11.3 Å². The van der Waals surface area contributed by atoms with Gasteiger partial charge in [-0.1, -0.05) is 24.2 Å². The number of tetrazole rings is 1. The summed E-state index contributed by atoms with van der Waals surface area (Å²) in [6.07, 6.45) is 0.449. The largest absolute Gasteiger partial charge is 0.497 e. The molecule has 1 aromatic carbocycles. The molecular weight excluding hydrogens is 318 g/mol. The van der Waals surface area contributed by atoms with Crippen molar-refractivity contribution in [2.45, 2.75) is 30.4 Å². The fourth-order valence-electron chi connectivity index (χ4n) is 2.39. The highest BCUT2D eigenvalue weighted by atomic mass is 32.2. The Morgan fingerprint density at radius 2 is 1.91 bits per heavy atom. The van der Waals surface area contributed by atoms with Crippen LogP contribution in [0.1, 0.15) is 18.9 Å². The van der Waals surface area contributed by atoms with Gasteiger partial charge in [-0.05, 0) is 48.6 Å². The molecule has 23 heavy (non-hydrogen) atoms. The number of aromatic nitrogens is 4. The summed E-state index contributed by atoms with van der Waals surface area (Å²) in [6.45, 7) is 2.09. The van der Waals surface area contributed by atoms with Crippen molar-refractivity contribution in [1.82, 2.24) is 25.1 Å². The van der Waals surface area contributed by atoms with Gasteiger partial charge in [0.15, 0.2) is 0 Å². The molecule has 0 bridgehead atoms. The SMILES string of the molecule is CCC(N(C)C)S(=O)(=O)c1nnnn1Cc1ccc(OC)cc1. The Kier molecular flexibility index (Phi) is 5.32. The third-order valence-corrected chi connectivity index (χ3v) is 5.80. The van der Waals surface area contributed by atoms with E-state index >= 15 is 0 Å². The maximum Gasteiger partial charge on any atom is 0.269 e. The minimum atomic E-state index is -3.64. The van der Waals surface area contributed by atoms with Crippen molar-refractivity contribution in [3.8, 4) is 5.75 Å². The van der Waals surface area contributed by atoms with Crippen molar-refractivity contribution in [2.75, 3.05) is 21.2 Å². The number of ether oxygens (including phenoxy) is 1. The van der Waals surface area contributed by atoms with Crippen molar-refractivity contribution < 1.29 is 13.2 Å². The molecule has 2 rings (SSSR count). The zero-order valence-electron chi connectivity index (χ0n) is 13.7. The van der Waals surface area contributed by atoms with Crippen molar-refractivity contribution in [1.29, 1.82) is 0 Å². The van der Waals surface area contributed by atoms with Crippen LogP contribution in [0.2, 0.25) is 0 Å². The zero-order valence-corrected chi connectivity index (χ0v) is 14.5. The lowest BCUT2D eigenvalue weighted by Gasteiger charge is -2.21. The summed E-state index contributed by atoms with van der Waals surface area (Å²) in [4.78, 5) is 1.65. The molecule has 0 aliphatic heterocycles. The van der Waals surface area contributed by atoms with Gasteiger partial charge in [0.1, 0.15) is 11.1 Å². The summed E-state index contributed by atoms with van der Waals surface area (Å²) in [5.74, 6) is 0.733. The molecule has 0 amide bonds. The number of benzene rings is 1. The van der Waals surface area contributed by atoms with Crippen LogP contribution in [-0.2, 0) is 16.4 Å². The third-order valence-electron chi connectivity index (χ3n) is 3.53. The van der Waals surface area contributed by atoms with Crippen LogP contribution in [-0.4, -0.2) is 60.1 Å². The Morgan fingerprint density at radius 1 is 1.26 bits per heavy atom. The van der Waals surface area contributed by atoms with Gasteiger partial charge in [0, 0.05) is 0 Å². The number of methoxy groups -OCH3 is 1. The van der Waals surface area contributed by atoms with Gasteiger partial charge in [-0.15, -0.1) is 0 Å². The van der Waals surface area contributed by atoms with Crippen molar-refractivity contribution >= 4 is 9.84 Å². The molecule has 8 nitrogen and oxygen atoms in total. The molecule has 0 aliphatic rings. The maximum atomic E-state index is 12.8. The molecule has 1 aromatic heterocycles. The van der Waals surface area contributed by atoms with Gasteiger partial charge < -0.3 is 4.74 Å². The first-order chi connectivity index (χ1) is 10.9. The molecule has 1 atom stereocenters. The molecule has 0 spiro atoms. The van der Waals surface area contributed by atoms with E-state index < -0.39 is 15.2 Å². The van der Waals surface area contributed by atoms with Crippen LogP contribution in [0.15, 0.2) is 29.4 Å². The summed E-state index contributed by atoms with van der Waals surface area (Å²) in [5, 5.41) is 10.3. The molecule has 1 unspecified atom stereocenters. The third kappa shape index (κ3) is 3.67. The van der Waals surface area contributed by atoms with E-state index in [0.29, 0.717) is 6.42 Å². The molecule has 0 saturated heterocycles. The lowest BCUT2D eigenvalue weighted by atomic mass is 10.2. The van der Waals surface area contributed by atoms with Gasteiger partial charge in [-0.3, -0.25) is 4.90 Å². The molecule has 0 saturated carbocycles. The molecular formula is C14H21N5O3S. The Balaban J connectivity index is 2.31. The Hall–Kier alpha value is -2.00. The number of sulfone groups is 1. The summed E-state index contributed by atoms with van der Waals surface area (Å²) in [5.41, 5.74) is 0.882. The van der Waals surface area contributed by atoms with Gasteiger partial charge in [0.05, 0.1) is 13.7 Å². The number of nitrogens with zero attached hydrogens (tertiary/aromatic N) is 5. The second kappa shape index (κ2) is 7.05. The monoisotopic (exact) mass is 339 g/mol. The molecule has 9 heteroatoms. The number of hydrogen-bond donors (Lipinski definition) is 0. The highest BCUT2D eigenvalue weighted by Gasteiger charge is 2.33. The van der Waals surface area contributed by atoms with E-state index in [-0.39, 0.29) is 11.7 Å². The molecule has 126 valence electrons. The van der Waals surface area contributed by atoms with Crippen LogP contribution >= 0.6 is 0 Å². The quantitative estimate of drug-likeness (QED) is 0.737. The molecule has 0 radical (unpaired) electrons. The average Bonchev–Trinajstić information content (AvgIpc) is 2.97. The predicted molar refractivity (Wildman–Crippen MR) is 84.9 cm³/mol. The van der Waals surface area contributed by atoms with Gasteiger partial charge in [-0.2, -0.15) is 0 Å². The van der Waals surface area contributed by atoms with Crippen LogP contribution in [0.4, 0.5) is 0 Å². The summed E-state index contributed by atoms with van der Waals surface area (Å²) in [7, 11) is 1.40. The highest BCUT2D eigenvalue weighted by Crippen LogP contribution is 2.19. The topological polar surface area (TPSA) is 90.2 Å². The smallest absolute Gasteiger partial charge is 0.269 e. The van der Waals surface area contributed by atoms with E-state index in [9.17, 15) is 8.42 Å². The average molecular weight is 339 g/mol. The predicted octanol–water partition coefficient (Wildman–Crippen LogP) is 0.801. The van der Waals surface area contributed by atoms with Crippen LogP contribution in [0.25, 0.3) is 0 Å². The highest BCUT2D eigenvalue weighted by molar-refractivity contribution is 7.91. The second-order valence-electron chi connectivity index (χ2n) is 5.34. The van der Waals surface area contributed by atoms with Crippen molar-refractivity contribution in [2.24, 2.45) is 0 Å². The maximum absolute atomic E-state index is 12.8. The first kappa shape index (κ1) is 17.4. The van der Waals surface area contributed by atoms with Gasteiger partial charge in [-0.25, -0.2) is 13.1 Å². The number of rotatable bonds is 7. The molecule has 2 aromatic rings. The van der Waals surface area contributed by atoms with E-state index in [4.69, 9.17) is 4.74 Å². The zero-order chi connectivity index (χ0) is 17.0. The molecule has 0 N–H and O–H groups in total. The first-order valence-corrected chi connectivity index (χ1v) is 8.74. The van der Waals surface area contributed by atoms with Gasteiger partial charge >= 0.3 is 0 Å². The summed E-state index contributed by atoms with van der Waals surface area (Å²) in [6, 6.07) is 7.31. The molecule has 1 heterocycles. The minimum Gasteiger partial charge on any atom is -0.497 e. The van der Waals surface area contributed by atoms with Gasteiger partial charge in [0.2, 0.25) is 9.84 Å². The van der Waals surface area contributed by atoms with Crippen LogP contribution < -0.4 is 4.74 Å². The van der Waals surface area contributed by atoms with Crippen molar-refractivity contribution in [3.63, 3.8) is 0 Å². The standard InChI is InChI=1S/C14H21N5O3S/c1-5-13(18(2)3)23(20,21)14-15-16-17-19(14)10-11-6-8-12(22-4)9-7-11/h6-9,13H,5,10H2,1-4H3. The Labute approximate surface area is 136 Å². The number of hydrogen-bond acceptors (Lipinski definition) is 7. The Bertz CT molecular complexity index is 740. The van der Waals surface area contributed by atoms with E-state index in [1.807, 2.05) is 31.2 Å². The van der Waals surface area contributed by atoms with E-state index in [1.165, 1.54) is 4.68 Å². The van der Waals surface area contributed by atoms with E-state index in [2.05, 4.69) is 15.5 Å².